The molecule has 2 N–H and O–H groups in total. The van der Waals surface area contributed by atoms with Crippen LogP contribution in [0.3, 0.4) is 0 Å². The topological polar surface area (TPSA) is 68.2 Å². The van der Waals surface area contributed by atoms with E-state index in [1.165, 1.54) is 0 Å². The minimum absolute atomic E-state index is 0.184. The Morgan fingerprint density at radius 1 is 1.07 bits per heavy atom. The lowest BCUT2D eigenvalue weighted by Crippen LogP contribution is -2.49. The monoisotopic (exact) mass is 218 g/mol. The molecule has 2 aliphatic rings. The predicted octanol–water partition coefficient (Wildman–Crippen LogP) is -0.351. The third kappa shape index (κ3) is 1.59. The fourth-order valence-electron chi connectivity index (χ4n) is 2.35. The molecule has 0 amide bonds. The SMILES string of the molecule is CC1OC(CO)(CO)[C@@H]2OC(C)(C)O[C@H]12. The summed E-state index contributed by atoms with van der Waals surface area (Å²) in [5.74, 6) is -0.678. The largest absolute Gasteiger partial charge is 0.393 e. The lowest BCUT2D eigenvalue weighted by Gasteiger charge is -2.31. The molecule has 2 heterocycles. The molecule has 0 aromatic rings. The predicted molar refractivity (Wildman–Crippen MR) is 51.3 cm³/mol. The van der Waals surface area contributed by atoms with Crippen LogP contribution in [0.5, 0.6) is 0 Å². The molecular formula is C10H18O5. The molecule has 0 saturated carbocycles. The van der Waals surface area contributed by atoms with Gasteiger partial charge in [-0.1, -0.05) is 0 Å². The van der Waals surface area contributed by atoms with E-state index < -0.39 is 17.5 Å². The Morgan fingerprint density at radius 3 is 2.20 bits per heavy atom. The molecule has 0 aliphatic carbocycles. The normalized spacial score (nSPS) is 41.8. The maximum atomic E-state index is 9.33. The highest BCUT2D eigenvalue weighted by Gasteiger charge is 2.61. The van der Waals surface area contributed by atoms with Crippen molar-refractivity contribution in [3.8, 4) is 0 Å². The van der Waals surface area contributed by atoms with Crippen LogP contribution in [0, 0.1) is 0 Å². The lowest BCUT2D eigenvalue weighted by molar-refractivity contribution is -0.220. The smallest absolute Gasteiger partial charge is 0.164 e. The highest BCUT2D eigenvalue weighted by atomic mass is 16.8. The Labute approximate surface area is 88.9 Å². The van der Waals surface area contributed by atoms with E-state index in [2.05, 4.69) is 0 Å². The van der Waals surface area contributed by atoms with Gasteiger partial charge in [0.2, 0.25) is 0 Å². The Hall–Kier alpha value is -0.200. The molecule has 2 aliphatic heterocycles. The van der Waals surface area contributed by atoms with Gasteiger partial charge in [0.15, 0.2) is 5.79 Å². The molecule has 0 radical (unpaired) electrons. The number of hydrogen-bond acceptors (Lipinski definition) is 5. The zero-order chi connectivity index (χ0) is 11.3. The summed E-state index contributed by atoms with van der Waals surface area (Å²) in [5, 5.41) is 18.7. The summed E-state index contributed by atoms with van der Waals surface area (Å²) in [5.41, 5.74) is -1.03. The first-order valence-corrected chi connectivity index (χ1v) is 5.19. The van der Waals surface area contributed by atoms with E-state index >= 15 is 0 Å². The van der Waals surface area contributed by atoms with Crippen molar-refractivity contribution in [3.05, 3.63) is 0 Å². The first-order chi connectivity index (χ1) is 6.94. The van der Waals surface area contributed by atoms with E-state index in [-0.39, 0.29) is 25.4 Å². The van der Waals surface area contributed by atoms with Gasteiger partial charge in [0, 0.05) is 0 Å². The zero-order valence-electron chi connectivity index (χ0n) is 9.27. The van der Waals surface area contributed by atoms with E-state index in [1.807, 2.05) is 20.8 Å². The second-order valence-corrected chi connectivity index (χ2v) is 4.72. The highest BCUT2D eigenvalue weighted by Crippen LogP contribution is 2.43. The van der Waals surface area contributed by atoms with Gasteiger partial charge in [-0.25, -0.2) is 0 Å². The number of ether oxygens (including phenoxy) is 3. The van der Waals surface area contributed by atoms with Gasteiger partial charge in [-0.2, -0.15) is 0 Å². The van der Waals surface area contributed by atoms with Crippen molar-refractivity contribution in [1.29, 1.82) is 0 Å². The van der Waals surface area contributed by atoms with Gasteiger partial charge in [0.05, 0.1) is 19.3 Å². The Balaban J connectivity index is 2.25. The second kappa shape index (κ2) is 3.40. The van der Waals surface area contributed by atoms with Crippen LogP contribution in [-0.4, -0.2) is 53.1 Å². The van der Waals surface area contributed by atoms with Crippen molar-refractivity contribution in [2.24, 2.45) is 0 Å². The van der Waals surface area contributed by atoms with Gasteiger partial charge < -0.3 is 24.4 Å². The van der Waals surface area contributed by atoms with Crippen molar-refractivity contribution in [3.63, 3.8) is 0 Å². The quantitative estimate of drug-likeness (QED) is 0.663. The average Bonchev–Trinajstić information content (AvgIpc) is 2.61. The summed E-state index contributed by atoms with van der Waals surface area (Å²) in [6.45, 7) is 4.95. The van der Waals surface area contributed by atoms with Crippen molar-refractivity contribution >= 4 is 0 Å². The molecule has 5 heteroatoms. The summed E-state index contributed by atoms with van der Waals surface area (Å²) in [4.78, 5) is 0. The lowest BCUT2D eigenvalue weighted by atomic mass is 9.96. The summed E-state index contributed by atoms with van der Waals surface area (Å²) < 4.78 is 16.9. The molecule has 0 bridgehead atoms. The van der Waals surface area contributed by atoms with Gasteiger partial charge >= 0.3 is 0 Å². The van der Waals surface area contributed by atoms with Crippen molar-refractivity contribution in [2.75, 3.05) is 13.2 Å². The molecule has 1 unspecified atom stereocenters. The minimum Gasteiger partial charge on any atom is -0.393 e. The molecule has 2 fully saturated rings. The molecule has 3 atom stereocenters. The van der Waals surface area contributed by atoms with E-state index in [9.17, 15) is 10.2 Å². The summed E-state index contributed by atoms with van der Waals surface area (Å²) in [7, 11) is 0. The third-order valence-electron chi connectivity index (χ3n) is 3.07. The van der Waals surface area contributed by atoms with Crippen LogP contribution in [0.1, 0.15) is 20.8 Å². The molecule has 5 nitrogen and oxygen atoms in total. The van der Waals surface area contributed by atoms with Gasteiger partial charge in [-0.3, -0.25) is 0 Å². The fraction of sp³-hybridized carbons (Fsp3) is 1.00. The molecule has 2 rings (SSSR count). The maximum Gasteiger partial charge on any atom is 0.164 e. The minimum atomic E-state index is -1.03. The van der Waals surface area contributed by atoms with Crippen LogP contribution >= 0.6 is 0 Å². The molecule has 0 spiro atoms. The van der Waals surface area contributed by atoms with Crippen LogP contribution in [0.15, 0.2) is 0 Å². The number of rotatable bonds is 2. The van der Waals surface area contributed by atoms with E-state index in [4.69, 9.17) is 14.2 Å². The third-order valence-corrected chi connectivity index (χ3v) is 3.07. The van der Waals surface area contributed by atoms with Crippen LogP contribution < -0.4 is 0 Å². The fourth-order valence-corrected chi connectivity index (χ4v) is 2.35. The van der Waals surface area contributed by atoms with E-state index in [0.717, 1.165) is 0 Å². The zero-order valence-corrected chi connectivity index (χ0v) is 9.27. The van der Waals surface area contributed by atoms with Crippen molar-refractivity contribution in [2.45, 2.75) is 50.5 Å². The Morgan fingerprint density at radius 2 is 1.67 bits per heavy atom. The molecule has 88 valence electrons. The standard InChI is InChI=1S/C10H18O5/c1-6-7-8(15-9(2,3)14-7)10(4-11,5-12)13-6/h6-8,11-12H,4-5H2,1-3H3/t6?,7-,8-/m1/s1. The first kappa shape index (κ1) is 11.3. The first-order valence-electron chi connectivity index (χ1n) is 5.19. The second-order valence-electron chi connectivity index (χ2n) is 4.72. The van der Waals surface area contributed by atoms with Crippen molar-refractivity contribution < 1.29 is 24.4 Å². The van der Waals surface area contributed by atoms with Crippen LogP contribution in [-0.2, 0) is 14.2 Å². The Bertz CT molecular complexity index is 248. The maximum absolute atomic E-state index is 9.33. The number of fused-ring (bicyclic) bond motifs is 1. The molecule has 15 heavy (non-hydrogen) atoms. The van der Waals surface area contributed by atoms with E-state index in [0.29, 0.717) is 0 Å². The summed E-state index contributed by atoms with van der Waals surface area (Å²) in [6.07, 6.45) is -0.812. The molecule has 0 aromatic heterocycles. The van der Waals surface area contributed by atoms with Gasteiger partial charge in [0.25, 0.3) is 0 Å². The van der Waals surface area contributed by atoms with Gasteiger partial charge in [0.1, 0.15) is 17.8 Å². The average molecular weight is 218 g/mol. The molecule has 2 saturated heterocycles. The number of aliphatic hydroxyl groups excluding tert-OH is 2. The van der Waals surface area contributed by atoms with Crippen LogP contribution in [0.25, 0.3) is 0 Å². The highest BCUT2D eigenvalue weighted by molar-refractivity contribution is 5.05. The summed E-state index contributed by atoms with van der Waals surface area (Å²) >= 11 is 0. The number of aliphatic hydroxyl groups is 2. The van der Waals surface area contributed by atoms with Gasteiger partial charge in [-0.05, 0) is 20.8 Å². The molecular weight excluding hydrogens is 200 g/mol. The van der Waals surface area contributed by atoms with Crippen molar-refractivity contribution in [1.82, 2.24) is 0 Å². The Kier molecular flexibility index (Phi) is 2.56. The van der Waals surface area contributed by atoms with Crippen LogP contribution in [0.2, 0.25) is 0 Å². The summed E-state index contributed by atoms with van der Waals surface area (Å²) in [6, 6.07) is 0. The van der Waals surface area contributed by atoms with E-state index in [1.54, 1.807) is 0 Å². The number of hydrogen-bond donors (Lipinski definition) is 2. The molecule has 0 aromatic carbocycles. The van der Waals surface area contributed by atoms with Gasteiger partial charge in [-0.15, -0.1) is 0 Å². The van der Waals surface area contributed by atoms with Crippen LogP contribution in [0.4, 0.5) is 0 Å².